The fraction of sp³-hybridized carbons (Fsp3) is 0.176. The Balaban J connectivity index is 1.74. The van der Waals surface area contributed by atoms with Crippen LogP contribution < -0.4 is 4.90 Å². The number of furan rings is 1. The van der Waals surface area contributed by atoms with E-state index in [4.69, 9.17) is 4.42 Å². The minimum absolute atomic E-state index is 0.0659. The number of benzene rings is 1. The van der Waals surface area contributed by atoms with Crippen LogP contribution in [0.15, 0.2) is 47.2 Å². The molecule has 0 fully saturated rings. The first-order valence-electron chi connectivity index (χ1n) is 7.61. The Hall–Kier alpha value is -3.42. The molecular weight excluding hydrogens is 324 g/mol. The van der Waals surface area contributed by atoms with Crippen LogP contribution >= 0.6 is 0 Å². The lowest BCUT2D eigenvalue weighted by Crippen LogP contribution is -2.30. The monoisotopic (exact) mass is 338 g/mol. The molecule has 3 heterocycles. The van der Waals surface area contributed by atoms with Crippen LogP contribution in [0.25, 0.3) is 0 Å². The summed E-state index contributed by atoms with van der Waals surface area (Å²) in [6.07, 6.45) is 2.85. The molecule has 3 aromatic rings. The lowest BCUT2D eigenvalue weighted by Gasteiger charge is -2.21. The smallest absolute Gasteiger partial charge is 0.341 e. The van der Waals surface area contributed by atoms with E-state index < -0.39 is 5.97 Å². The second-order valence-electron chi connectivity index (χ2n) is 5.59. The van der Waals surface area contributed by atoms with Crippen LogP contribution in [0.1, 0.15) is 32.2 Å². The number of hydrogen-bond acceptors (Lipinski definition) is 6. The number of fused-ring (bicyclic) bond motifs is 2. The van der Waals surface area contributed by atoms with E-state index in [1.54, 1.807) is 15.8 Å². The van der Waals surface area contributed by atoms with E-state index >= 15 is 0 Å². The number of carbonyl (C=O) groups is 2. The molecule has 0 aliphatic carbocycles. The fourth-order valence-electron chi connectivity index (χ4n) is 2.84. The van der Waals surface area contributed by atoms with Gasteiger partial charge in [0.2, 0.25) is 0 Å². The summed E-state index contributed by atoms with van der Waals surface area (Å²) < 4.78 is 11.7. The fourth-order valence-corrected chi connectivity index (χ4v) is 2.84. The summed E-state index contributed by atoms with van der Waals surface area (Å²) in [7, 11) is 1.27. The summed E-state index contributed by atoms with van der Waals surface area (Å²) in [5.74, 6) is -0.838. The number of ether oxygens (including phenoxy) is 1. The number of anilines is 1. The molecule has 4 rings (SSSR count). The van der Waals surface area contributed by atoms with Crippen LogP contribution in [-0.4, -0.2) is 34.0 Å². The molecule has 2 aromatic heterocycles. The van der Waals surface area contributed by atoms with Gasteiger partial charge in [0, 0.05) is 11.8 Å². The summed E-state index contributed by atoms with van der Waals surface area (Å²) in [6.45, 7) is 0.831. The van der Waals surface area contributed by atoms with E-state index in [1.165, 1.54) is 19.4 Å². The maximum Gasteiger partial charge on any atom is 0.341 e. The molecule has 0 saturated carbocycles. The van der Waals surface area contributed by atoms with Crippen LogP contribution in [-0.2, 0) is 17.8 Å². The molecular formula is C17H14N4O4. The van der Waals surface area contributed by atoms with E-state index in [2.05, 4.69) is 15.0 Å². The number of carbonyl (C=O) groups excluding carboxylic acids is 2. The van der Waals surface area contributed by atoms with Gasteiger partial charge < -0.3 is 9.15 Å². The molecule has 0 bridgehead atoms. The molecule has 25 heavy (non-hydrogen) atoms. The minimum Gasteiger partial charge on any atom is -0.465 e. The second-order valence-corrected chi connectivity index (χ2v) is 5.59. The van der Waals surface area contributed by atoms with E-state index in [0.29, 0.717) is 13.1 Å². The van der Waals surface area contributed by atoms with Crippen LogP contribution in [0.5, 0.6) is 0 Å². The van der Waals surface area contributed by atoms with Crippen molar-refractivity contribution in [2.24, 2.45) is 0 Å². The summed E-state index contributed by atoms with van der Waals surface area (Å²) in [4.78, 5) is 26.2. The molecule has 0 atom stereocenters. The number of para-hydroxylation sites is 1. The first kappa shape index (κ1) is 15.1. The predicted octanol–water partition coefficient (Wildman–Crippen LogP) is 1.87. The van der Waals surface area contributed by atoms with Crippen LogP contribution in [0.3, 0.4) is 0 Å². The zero-order chi connectivity index (χ0) is 17.4. The van der Waals surface area contributed by atoms with Crippen molar-refractivity contribution in [2.75, 3.05) is 12.0 Å². The number of methoxy groups -OCH3 is 1. The Bertz CT molecular complexity index is 959. The summed E-state index contributed by atoms with van der Waals surface area (Å²) in [5.41, 5.74) is 2.72. The first-order chi connectivity index (χ1) is 12.2. The van der Waals surface area contributed by atoms with Crippen LogP contribution in [0.2, 0.25) is 0 Å². The molecule has 1 aromatic carbocycles. The van der Waals surface area contributed by atoms with Crippen LogP contribution in [0.4, 0.5) is 5.69 Å². The van der Waals surface area contributed by atoms with Crippen molar-refractivity contribution in [1.29, 1.82) is 0 Å². The van der Waals surface area contributed by atoms with E-state index in [1.807, 2.05) is 24.3 Å². The maximum atomic E-state index is 13.0. The highest BCUT2D eigenvalue weighted by Gasteiger charge is 2.28. The third kappa shape index (κ3) is 2.57. The lowest BCUT2D eigenvalue weighted by atomic mass is 10.1. The average Bonchev–Trinajstić information content (AvgIpc) is 3.26. The zero-order valence-electron chi connectivity index (χ0n) is 13.4. The van der Waals surface area contributed by atoms with Gasteiger partial charge in [-0.15, -0.1) is 5.10 Å². The average molecular weight is 338 g/mol. The lowest BCUT2D eigenvalue weighted by molar-refractivity contribution is 0.0600. The summed E-state index contributed by atoms with van der Waals surface area (Å²) in [6, 6.07) is 8.97. The number of hydrogen-bond donors (Lipinski definition) is 0. The van der Waals surface area contributed by atoms with Gasteiger partial charge in [-0.25, -0.2) is 9.48 Å². The molecule has 0 unspecified atom stereocenters. The number of esters is 1. The molecule has 1 aliphatic rings. The normalized spacial score (nSPS) is 12.9. The van der Waals surface area contributed by atoms with Gasteiger partial charge in [0.05, 0.1) is 37.7 Å². The molecule has 0 spiro atoms. The summed E-state index contributed by atoms with van der Waals surface area (Å²) >= 11 is 0. The van der Waals surface area contributed by atoms with Gasteiger partial charge in [-0.05, 0) is 11.6 Å². The standard InChI is InChI=1S/C17H14N4O4/c1-24-17(23)12-6-15(25-10-12)16(22)20-9-13-7-18-19-21(13)8-11-4-2-3-5-14(11)20/h2-7,10H,8-9H2,1H3. The Kier molecular flexibility index (Phi) is 3.57. The van der Waals surface area contributed by atoms with Crippen molar-refractivity contribution in [1.82, 2.24) is 15.0 Å². The van der Waals surface area contributed by atoms with Gasteiger partial charge in [0.15, 0.2) is 5.76 Å². The first-order valence-corrected chi connectivity index (χ1v) is 7.61. The molecule has 0 radical (unpaired) electrons. The Labute approximate surface area is 142 Å². The molecule has 8 heteroatoms. The number of aromatic nitrogens is 3. The van der Waals surface area contributed by atoms with Crippen molar-refractivity contribution in [3.05, 3.63) is 65.4 Å². The highest BCUT2D eigenvalue weighted by atomic mass is 16.5. The van der Waals surface area contributed by atoms with Gasteiger partial charge in [-0.3, -0.25) is 9.69 Å². The van der Waals surface area contributed by atoms with Crippen molar-refractivity contribution in [3.8, 4) is 0 Å². The van der Waals surface area contributed by atoms with Crippen molar-refractivity contribution < 1.29 is 18.7 Å². The quantitative estimate of drug-likeness (QED) is 0.663. The second kappa shape index (κ2) is 5.90. The van der Waals surface area contributed by atoms with E-state index in [-0.39, 0.29) is 17.2 Å². The molecule has 1 aliphatic heterocycles. The number of rotatable bonds is 2. The molecule has 0 N–H and O–H groups in total. The third-order valence-electron chi connectivity index (χ3n) is 4.10. The predicted molar refractivity (Wildman–Crippen MR) is 86.1 cm³/mol. The van der Waals surface area contributed by atoms with Gasteiger partial charge in [-0.1, -0.05) is 23.4 Å². The number of amides is 1. The highest BCUT2D eigenvalue weighted by Crippen LogP contribution is 2.28. The maximum absolute atomic E-state index is 13.0. The van der Waals surface area contributed by atoms with E-state index in [9.17, 15) is 9.59 Å². The van der Waals surface area contributed by atoms with Crippen molar-refractivity contribution in [2.45, 2.75) is 13.1 Å². The molecule has 8 nitrogen and oxygen atoms in total. The van der Waals surface area contributed by atoms with Crippen LogP contribution in [0, 0.1) is 0 Å². The van der Waals surface area contributed by atoms with Gasteiger partial charge in [0.1, 0.15) is 6.26 Å². The Morgan fingerprint density at radius 3 is 2.92 bits per heavy atom. The minimum atomic E-state index is -0.554. The number of nitrogens with zero attached hydrogens (tertiary/aromatic N) is 4. The van der Waals surface area contributed by atoms with Gasteiger partial charge in [0.25, 0.3) is 5.91 Å². The summed E-state index contributed by atoms with van der Waals surface area (Å²) in [5, 5.41) is 7.98. The molecule has 126 valence electrons. The van der Waals surface area contributed by atoms with E-state index in [0.717, 1.165) is 16.9 Å². The van der Waals surface area contributed by atoms with Gasteiger partial charge >= 0.3 is 5.97 Å². The van der Waals surface area contributed by atoms with Crippen molar-refractivity contribution >= 4 is 17.6 Å². The largest absolute Gasteiger partial charge is 0.465 e. The molecule has 0 saturated heterocycles. The molecule has 1 amide bonds. The SMILES string of the molecule is COC(=O)c1coc(C(=O)N2Cc3cnnn3Cc3ccccc32)c1. The zero-order valence-corrected chi connectivity index (χ0v) is 13.4. The Morgan fingerprint density at radius 2 is 2.08 bits per heavy atom. The topological polar surface area (TPSA) is 90.5 Å². The highest BCUT2D eigenvalue weighted by molar-refractivity contribution is 6.06. The van der Waals surface area contributed by atoms with Crippen molar-refractivity contribution in [3.63, 3.8) is 0 Å². The Morgan fingerprint density at radius 1 is 1.24 bits per heavy atom. The van der Waals surface area contributed by atoms with Gasteiger partial charge in [-0.2, -0.15) is 0 Å². The third-order valence-corrected chi connectivity index (χ3v) is 4.10.